The maximum absolute atomic E-state index is 12.8. The fourth-order valence-electron chi connectivity index (χ4n) is 2.32. The first-order chi connectivity index (χ1) is 12.8. The van der Waals surface area contributed by atoms with Gasteiger partial charge in [-0.3, -0.25) is 4.79 Å². The first kappa shape index (κ1) is 20.6. The molecule has 0 aliphatic carbocycles. The van der Waals surface area contributed by atoms with E-state index in [1.54, 1.807) is 12.1 Å². The summed E-state index contributed by atoms with van der Waals surface area (Å²) in [5.41, 5.74) is 0.755. The van der Waals surface area contributed by atoms with Crippen molar-refractivity contribution in [3.8, 4) is 0 Å². The molecule has 27 heavy (non-hydrogen) atoms. The van der Waals surface area contributed by atoms with Gasteiger partial charge in [0.25, 0.3) is 5.91 Å². The predicted octanol–water partition coefficient (Wildman–Crippen LogP) is 2.13. The van der Waals surface area contributed by atoms with Gasteiger partial charge in [-0.15, -0.1) is 0 Å². The van der Waals surface area contributed by atoms with Crippen molar-refractivity contribution >= 4 is 21.7 Å². The van der Waals surface area contributed by atoms with Crippen LogP contribution in [0.3, 0.4) is 0 Å². The van der Waals surface area contributed by atoms with E-state index in [2.05, 4.69) is 5.32 Å². The molecular weight excluding hydrogens is 373 g/mol. The van der Waals surface area contributed by atoms with Crippen molar-refractivity contribution in [3.05, 3.63) is 65.5 Å². The van der Waals surface area contributed by atoms with Crippen LogP contribution in [0.25, 0.3) is 0 Å². The minimum atomic E-state index is -3.59. The summed E-state index contributed by atoms with van der Waals surface area (Å²) >= 11 is 0. The summed E-state index contributed by atoms with van der Waals surface area (Å²) in [5, 5.41) is 2.58. The number of benzene rings is 2. The van der Waals surface area contributed by atoms with Crippen LogP contribution in [0.4, 0.5) is 4.39 Å². The van der Waals surface area contributed by atoms with Crippen LogP contribution in [0, 0.1) is 5.82 Å². The molecule has 0 saturated heterocycles. The molecule has 0 unspecified atom stereocenters. The molecule has 2 rings (SSSR count). The fraction of sp³-hybridized carbons (Fsp3) is 0.263. The molecule has 6 nitrogen and oxygen atoms in total. The van der Waals surface area contributed by atoms with E-state index >= 15 is 0 Å². The van der Waals surface area contributed by atoms with Gasteiger partial charge in [-0.2, -0.15) is 0 Å². The van der Waals surface area contributed by atoms with Gasteiger partial charge in [-0.25, -0.2) is 17.6 Å². The Morgan fingerprint density at radius 1 is 1.07 bits per heavy atom. The molecule has 1 amide bonds. The molecular formula is C19H20FNO5S. The monoisotopic (exact) mass is 393 g/mol. The summed E-state index contributed by atoms with van der Waals surface area (Å²) in [5.74, 6) is -1.88. The Morgan fingerprint density at radius 2 is 1.74 bits per heavy atom. The van der Waals surface area contributed by atoms with Crippen LogP contribution in [0.2, 0.25) is 0 Å². The molecule has 0 aliphatic heterocycles. The lowest BCUT2D eigenvalue weighted by molar-refractivity contribution is -0.124. The number of halogens is 1. The standard InChI is InChI=1S/C19H20FNO5S/c1-2-27(24,25)17-6-4-3-5-16(17)19(23)26-13-18(22)21-12-11-14-7-9-15(20)10-8-14/h3-10H,2,11-13H2,1H3,(H,21,22). The summed E-state index contributed by atoms with van der Waals surface area (Å²) in [4.78, 5) is 23.8. The molecule has 0 aromatic heterocycles. The Labute approximate surface area is 157 Å². The number of carbonyl (C=O) groups excluding carboxylic acids is 2. The zero-order chi connectivity index (χ0) is 19.9. The van der Waals surface area contributed by atoms with Crippen molar-refractivity contribution in [1.82, 2.24) is 5.32 Å². The fourth-order valence-corrected chi connectivity index (χ4v) is 3.40. The smallest absolute Gasteiger partial charge is 0.339 e. The van der Waals surface area contributed by atoms with Gasteiger partial charge < -0.3 is 10.1 Å². The number of nitrogens with one attached hydrogen (secondary N) is 1. The van der Waals surface area contributed by atoms with E-state index in [9.17, 15) is 22.4 Å². The molecule has 2 aromatic rings. The summed E-state index contributed by atoms with van der Waals surface area (Å²) in [6.07, 6.45) is 0.498. The van der Waals surface area contributed by atoms with Crippen LogP contribution in [-0.4, -0.2) is 39.2 Å². The normalized spacial score (nSPS) is 11.0. The molecule has 1 N–H and O–H groups in total. The van der Waals surface area contributed by atoms with E-state index in [1.165, 1.54) is 43.3 Å². The van der Waals surface area contributed by atoms with Crippen molar-refractivity contribution in [2.45, 2.75) is 18.2 Å². The van der Waals surface area contributed by atoms with Crippen molar-refractivity contribution in [2.75, 3.05) is 18.9 Å². The molecule has 0 spiro atoms. The largest absolute Gasteiger partial charge is 0.452 e. The zero-order valence-electron chi connectivity index (χ0n) is 14.8. The third kappa shape index (κ3) is 5.89. The second-order valence-electron chi connectivity index (χ2n) is 5.70. The van der Waals surface area contributed by atoms with E-state index in [1.807, 2.05) is 0 Å². The van der Waals surface area contributed by atoms with E-state index in [0.717, 1.165) is 5.56 Å². The van der Waals surface area contributed by atoms with E-state index in [-0.39, 0.29) is 22.0 Å². The molecule has 144 valence electrons. The van der Waals surface area contributed by atoms with Gasteiger partial charge >= 0.3 is 5.97 Å². The second kappa shape index (κ2) is 9.27. The number of amides is 1. The Hall–Kier alpha value is -2.74. The number of hydrogen-bond acceptors (Lipinski definition) is 5. The SMILES string of the molecule is CCS(=O)(=O)c1ccccc1C(=O)OCC(=O)NCCc1ccc(F)cc1. The molecule has 8 heteroatoms. The number of rotatable bonds is 8. The molecule has 0 aliphatic rings. The molecule has 2 aromatic carbocycles. The van der Waals surface area contributed by atoms with Crippen molar-refractivity contribution < 1.29 is 27.1 Å². The maximum Gasteiger partial charge on any atom is 0.339 e. The van der Waals surface area contributed by atoms with Crippen molar-refractivity contribution in [1.29, 1.82) is 0 Å². The van der Waals surface area contributed by atoms with Gasteiger partial charge in [0, 0.05) is 6.54 Å². The molecule has 0 saturated carbocycles. The molecule has 0 fully saturated rings. The molecule has 0 radical (unpaired) electrons. The quantitative estimate of drug-likeness (QED) is 0.694. The zero-order valence-corrected chi connectivity index (χ0v) is 15.6. The first-order valence-corrected chi connectivity index (χ1v) is 9.98. The van der Waals surface area contributed by atoms with Gasteiger partial charge in [0.2, 0.25) is 0 Å². The van der Waals surface area contributed by atoms with Gasteiger partial charge in [-0.1, -0.05) is 31.2 Å². The van der Waals surface area contributed by atoms with Crippen LogP contribution >= 0.6 is 0 Å². The number of hydrogen-bond donors (Lipinski definition) is 1. The van der Waals surface area contributed by atoms with Crippen molar-refractivity contribution in [3.63, 3.8) is 0 Å². The third-order valence-electron chi connectivity index (χ3n) is 3.81. The number of ether oxygens (including phenoxy) is 1. The summed E-state index contributed by atoms with van der Waals surface area (Å²) < 4.78 is 41.8. The van der Waals surface area contributed by atoms with Crippen molar-refractivity contribution in [2.24, 2.45) is 0 Å². The van der Waals surface area contributed by atoms with Gasteiger partial charge in [0.05, 0.1) is 16.2 Å². The molecule has 0 heterocycles. The third-order valence-corrected chi connectivity index (χ3v) is 5.59. The summed E-state index contributed by atoms with van der Waals surface area (Å²) in [6, 6.07) is 11.6. The number of carbonyl (C=O) groups is 2. The Balaban J connectivity index is 1.87. The van der Waals surface area contributed by atoms with Crippen LogP contribution in [0.15, 0.2) is 53.4 Å². The van der Waals surface area contributed by atoms with Gasteiger partial charge in [-0.05, 0) is 36.2 Å². The highest BCUT2D eigenvalue weighted by Gasteiger charge is 2.22. The Kier molecular flexibility index (Phi) is 7.06. The lowest BCUT2D eigenvalue weighted by Crippen LogP contribution is -2.30. The van der Waals surface area contributed by atoms with E-state index < -0.39 is 28.3 Å². The lowest BCUT2D eigenvalue weighted by atomic mass is 10.1. The second-order valence-corrected chi connectivity index (χ2v) is 7.95. The van der Waals surface area contributed by atoms with E-state index in [0.29, 0.717) is 13.0 Å². The maximum atomic E-state index is 12.8. The molecule has 0 atom stereocenters. The number of sulfone groups is 1. The van der Waals surface area contributed by atoms with Crippen LogP contribution in [-0.2, 0) is 25.8 Å². The highest BCUT2D eigenvalue weighted by Crippen LogP contribution is 2.17. The minimum absolute atomic E-state index is 0.0986. The summed E-state index contributed by atoms with van der Waals surface area (Å²) in [6.45, 7) is 1.25. The highest BCUT2D eigenvalue weighted by atomic mass is 32.2. The average Bonchev–Trinajstić information content (AvgIpc) is 2.67. The summed E-state index contributed by atoms with van der Waals surface area (Å²) in [7, 11) is -3.59. The first-order valence-electron chi connectivity index (χ1n) is 8.33. The van der Waals surface area contributed by atoms with Gasteiger partial charge in [0.15, 0.2) is 16.4 Å². The highest BCUT2D eigenvalue weighted by molar-refractivity contribution is 7.91. The topological polar surface area (TPSA) is 89.5 Å². The van der Waals surface area contributed by atoms with E-state index in [4.69, 9.17) is 4.74 Å². The van der Waals surface area contributed by atoms with Crippen LogP contribution in [0.5, 0.6) is 0 Å². The Bertz CT molecular complexity index is 910. The predicted molar refractivity (Wildman–Crippen MR) is 97.6 cm³/mol. The lowest BCUT2D eigenvalue weighted by Gasteiger charge is -2.10. The van der Waals surface area contributed by atoms with Crippen LogP contribution in [0.1, 0.15) is 22.8 Å². The Morgan fingerprint density at radius 3 is 2.41 bits per heavy atom. The molecule has 0 bridgehead atoms. The van der Waals surface area contributed by atoms with Gasteiger partial charge in [0.1, 0.15) is 5.82 Å². The van der Waals surface area contributed by atoms with Crippen LogP contribution < -0.4 is 5.32 Å². The average molecular weight is 393 g/mol. The minimum Gasteiger partial charge on any atom is -0.452 e. The number of esters is 1.